The summed E-state index contributed by atoms with van der Waals surface area (Å²) in [5.74, 6) is 1.02. The molecule has 112 valence electrons. The van der Waals surface area contributed by atoms with Gasteiger partial charge in [-0.15, -0.1) is 0 Å². The molecule has 1 N–H and O–H groups in total. The fourth-order valence-corrected chi connectivity index (χ4v) is 3.91. The Hall–Kier alpha value is -0.110. The van der Waals surface area contributed by atoms with Gasteiger partial charge in [-0.1, -0.05) is 6.92 Å². The minimum Gasteiger partial charge on any atom is -0.379 e. The van der Waals surface area contributed by atoms with Gasteiger partial charge in [-0.25, -0.2) is 0 Å². The van der Waals surface area contributed by atoms with Crippen molar-refractivity contribution in [3.63, 3.8) is 0 Å². The van der Waals surface area contributed by atoms with Gasteiger partial charge in [0.15, 0.2) is 0 Å². The van der Waals surface area contributed by atoms with Gasteiger partial charge in [0, 0.05) is 23.8 Å². The van der Waals surface area contributed by atoms with Crippen LogP contribution in [-0.4, -0.2) is 48.7 Å². The van der Waals surface area contributed by atoms with Crippen molar-refractivity contribution in [2.75, 3.05) is 24.7 Å². The summed E-state index contributed by atoms with van der Waals surface area (Å²) < 4.78 is 35.6. The first-order chi connectivity index (χ1) is 8.92. The van der Waals surface area contributed by atoms with Crippen LogP contribution >= 0.6 is 11.8 Å². The number of ether oxygens (including phenoxy) is 1. The SMILES string of the molecule is CCC(=O)CC(CCCS(=O)(=O)O)C1COCCS1. The lowest BCUT2D eigenvalue weighted by molar-refractivity contribution is -0.119. The fraction of sp³-hybridized carbons (Fsp3) is 0.917. The van der Waals surface area contributed by atoms with Gasteiger partial charge in [0.05, 0.1) is 19.0 Å². The minimum absolute atomic E-state index is 0.138. The molecule has 0 aromatic heterocycles. The van der Waals surface area contributed by atoms with Crippen molar-refractivity contribution in [2.45, 2.75) is 37.9 Å². The first-order valence-electron chi connectivity index (χ1n) is 6.58. The second-order valence-electron chi connectivity index (χ2n) is 4.77. The molecule has 1 saturated heterocycles. The largest absolute Gasteiger partial charge is 0.379 e. The Morgan fingerprint density at radius 2 is 2.26 bits per heavy atom. The Bertz CT molecular complexity index is 374. The monoisotopic (exact) mass is 310 g/mol. The summed E-state index contributed by atoms with van der Waals surface area (Å²) in [6.07, 6.45) is 2.00. The summed E-state index contributed by atoms with van der Waals surface area (Å²) in [5.41, 5.74) is 0. The van der Waals surface area contributed by atoms with E-state index in [2.05, 4.69) is 0 Å². The Morgan fingerprint density at radius 1 is 1.53 bits per heavy atom. The molecule has 19 heavy (non-hydrogen) atoms. The zero-order chi connectivity index (χ0) is 14.3. The van der Waals surface area contributed by atoms with E-state index in [1.807, 2.05) is 6.92 Å². The van der Waals surface area contributed by atoms with Crippen LogP contribution in [0.3, 0.4) is 0 Å². The Morgan fingerprint density at radius 3 is 2.79 bits per heavy atom. The molecule has 0 aromatic rings. The van der Waals surface area contributed by atoms with Gasteiger partial charge in [-0.3, -0.25) is 9.35 Å². The number of hydrogen-bond acceptors (Lipinski definition) is 5. The number of ketones is 1. The number of carbonyl (C=O) groups is 1. The third kappa shape index (κ3) is 7.29. The maximum Gasteiger partial charge on any atom is 0.264 e. The maximum atomic E-state index is 11.6. The quantitative estimate of drug-likeness (QED) is 0.688. The number of rotatable bonds is 8. The van der Waals surface area contributed by atoms with Crippen LogP contribution in [0.5, 0.6) is 0 Å². The Labute approximate surface area is 119 Å². The molecule has 0 bridgehead atoms. The molecule has 5 nitrogen and oxygen atoms in total. The Balaban J connectivity index is 2.50. The highest BCUT2D eigenvalue weighted by Gasteiger charge is 2.26. The van der Waals surface area contributed by atoms with E-state index in [0.717, 1.165) is 12.4 Å². The molecule has 0 amide bonds. The molecular weight excluding hydrogens is 288 g/mol. The van der Waals surface area contributed by atoms with Gasteiger partial charge in [0.25, 0.3) is 10.1 Å². The molecule has 1 aliphatic rings. The lowest BCUT2D eigenvalue weighted by Gasteiger charge is -2.29. The zero-order valence-electron chi connectivity index (χ0n) is 11.2. The predicted molar refractivity (Wildman–Crippen MR) is 76.1 cm³/mol. The van der Waals surface area contributed by atoms with Crippen LogP contribution in [0, 0.1) is 5.92 Å². The van der Waals surface area contributed by atoms with Crippen molar-refractivity contribution in [2.24, 2.45) is 5.92 Å². The van der Waals surface area contributed by atoms with Gasteiger partial charge in [-0.05, 0) is 18.8 Å². The van der Waals surface area contributed by atoms with Crippen molar-refractivity contribution in [3.05, 3.63) is 0 Å². The first-order valence-corrected chi connectivity index (χ1v) is 9.24. The summed E-state index contributed by atoms with van der Waals surface area (Å²) >= 11 is 1.79. The van der Waals surface area contributed by atoms with Crippen molar-refractivity contribution in [3.8, 4) is 0 Å². The van der Waals surface area contributed by atoms with Gasteiger partial charge in [0.2, 0.25) is 0 Å². The van der Waals surface area contributed by atoms with Crippen LogP contribution < -0.4 is 0 Å². The van der Waals surface area contributed by atoms with E-state index in [-0.39, 0.29) is 22.7 Å². The topological polar surface area (TPSA) is 80.7 Å². The normalized spacial score (nSPS) is 22.1. The maximum absolute atomic E-state index is 11.6. The van der Waals surface area contributed by atoms with E-state index in [1.54, 1.807) is 11.8 Å². The molecule has 0 saturated carbocycles. The highest BCUT2D eigenvalue weighted by molar-refractivity contribution is 8.00. The smallest absolute Gasteiger partial charge is 0.264 e. The molecule has 2 unspecified atom stereocenters. The highest BCUT2D eigenvalue weighted by atomic mass is 32.2. The third-order valence-electron chi connectivity index (χ3n) is 3.23. The second-order valence-corrected chi connectivity index (χ2v) is 7.69. The van der Waals surface area contributed by atoms with Crippen molar-refractivity contribution in [1.82, 2.24) is 0 Å². The molecule has 1 fully saturated rings. The summed E-state index contributed by atoms with van der Waals surface area (Å²) in [4.78, 5) is 11.6. The summed E-state index contributed by atoms with van der Waals surface area (Å²) in [5, 5.41) is 0.255. The summed E-state index contributed by atoms with van der Waals surface area (Å²) in [6.45, 7) is 3.20. The molecule has 7 heteroatoms. The summed E-state index contributed by atoms with van der Waals surface area (Å²) in [7, 11) is -3.91. The molecule has 1 aliphatic heterocycles. The van der Waals surface area contributed by atoms with Crippen LogP contribution in [0.15, 0.2) is 0 Å². The molecule has 2 atom stereocenters. The van der Waals surface area contributed by atoms with Crippen LogP contribution in [0.4, 0.5) is 0 Å². The molecule has 0 radical (unpaired) electrons. The molecule has 1 rings (SSSR count). The minimum atomic E-state index is -3.91. The molecule has 1 heterocycles. The fourth-order valence-electron chi connectivity index (χ4n) is 2.16. The van der Waals surface area contributed by atoms with Crippen LogP contribution in [-0.2, 0) is 19.6 Å². The Kier molecular flexibility index (Phi) is 7.35. The van der Waals surface area contributed by atoms with Crippen molar-refractivity contribution >= 4 is 27.7 Å². The average molecular weight is 310 g/mol. The van der Waals surface area contributed by atoms with Gasteiger partial charge < -0.3 is 4.74 Å². The number of Topliss-reactive ketones (excluding diaryl/α,β-unsaturated/α-hetero) is 1. The van der Waals surface area contributed by atoms with Crippen LogP contribution in [0.2, 0.25) is 0 Å². The van der Waals surface area contributed by atoms with Crippen molar-refractivity contribution in [1.29, 1.82) is 0 Å². The van der Waals surface area contributed by atoms with E-state index in [9.17, 15) is 13.2 Å². The van der Waals surface area contributed by atoms with Crippen molar-refractivity contribution < 1.29 is 22.5 Å². The number of hydrogen-bond donors (Lipinski definition) is 1. The van der Waals surface area contributed by atoms with E-state index in [1.165, 1.54) is 0 Å². The number of carbonyl (C=O) groups excluding carboxylic acids is 1. The van der Waals surface area contributed by atoms with E-state index in [4.69, 9.17) is 9.29 Å². The molecule has 0 aliphatic carbocycles. The summed E-state index contributed by atoms with van der Waals surface area (Å²) in [6, 6.07) is 0. The first kappa shape index (κ1) is 16.9. The van der Waals surface area contributed by atoms with E-state index in [0.29, 0.717) is 32.3 Å². The zero-order valence-corrected chi connectivity index (χ0v) is 12.8. The van der Waals surface area contributed by atoms with Gasteiger partial charge in [-0.2, -0.15) is 20.2 Å². The van der Waals surface area contributed by atoms with E-state index >= 15 is 0 Å². The lowest BCUT2D eigenvalue weighted by Crippen LogP contribution is -2.30. The van der Waals surface area contributed by atoms with Gasteiger partial charge >= 0.3 is 0 Å². The molecular formula is C12H22O5S2. The van der Waals surface area contributed by atoms with Gasteiger partial charge in [0.1, 0.15) is 5.78 Å². The van der Waals surface area contributed by atoms with Crippen LogP contribution in [0.1, 0.15) is 32.6 Å². The predicted octanol–water partition coefficient (Wildman–Crippen LogP) is 1.77. The average Bonchev–Trinajstić information content (AvgIpc) is 2.37. The van der Waals surface area contributed by atoms with Crippen LogP contribution in [0.25, 0.3) is 0 Å². The molecule has 0 spiro atoms. The molecule has 0 aromatic carbocycles. The lowest BCUT2D eigenvalue weighted by atomic mass is 9.93. The third-order valence-corrected chi connectivity index (χ3v) is 5.38. The highest BCUT2D eigenvalue weighted by Crippen LogP contribution is 2.30. The number of thioether (sulfide) groups is 1. The second kappa shape index (κ2) is 8.24. The standard InChI is InChI=1S/C12H22O5S2/c1-2-11(13)8-10(4-3-7-19(14,15)16)12-9-17-5-6-18-12/h10,12H,2-9H2,1H3,(H,14,15,16). The van der Waals surface area contributed by atoms with E-state index < -0.39 is 10.1 Å².